The lowest BCUT2D eigenvalue weighted by atomic mass is 10.0. The number of likely N-dealkylation sites (N-methyl/N-ethyl adjacent to an activating group) is 1. The molecule has 0 bridgehead atoms. The molecular formula is C11H18N2OS. The van der Waals surface area contributed by atoms with Crippen molar-refractivity contribution in [3.8, 4) is 0 Å². The molecule has 1 amide bonds. The van der Waals surface area contributed by atoms with Gasteiger partial charge in [-0.15, -0.1) is 11.3 Å². The minimum Gasteiger partial charge on any atom is -0.347 e. The monoisotopic (exact) mass is 226 g/mol. The topological polar surface area (TPSA) is 32.3 Å². The zero-order valence-electron chi connectivity index (χ0n) is 9.70. The van der Waals surface area contributed by atoms with E-state index in [1.54, 1.807) is 30.3 Å². The molecule has 0 aromatic carbocycles. The van der Waals surface area contributed by atoms with Gasteiger partial charge < -0.3 is 4.90 Å². The van der Waals surface area contributed by atoms with Gasteiger partial charge in [0.25, 0.3) is 0 Å². The van der Waals surface area contributed by atoms with Crippen LogP contribution in [0, 0.1) is 0 Å². The molecular weight excluding hydrogens is 208 g/mol. The van der Waals surface area contributed by atoms with Crippen molar-refractivity contribution in [1.29, 1.82) is 0 Å². The molecule has 0 radical (unpaired) electrons. The fraction of sp³-hybridized carbons (Fsp3) is 0.545. The summed E-state index contributed by atoms with van der Waals surface area (Å²) in [6.07, 6.45) is 0. The number of hydrogen-bond donors (Lipinski definition) is 1. The van der Waals surface area contributed by atoms with Crippen LogP contribution < -0.4 is 5.32 Å². The molecule has 15 heavy (non-hydrogen) atoms. The third-order valence-electron chi connectivity index (χ3n) is 2.23. The van der Waals surface area contributed by atoms with E-state index < -0.39 is 5.54 Å². The third kappa shape index (κ3) is 3.32. The molecule has 1 heterocycles. The number of hydrogen-bond acceptors (Lipinski definition) is 3. The van der Waals surface area contributed by atoms with Crippen LogP contribution in [-0.4, -0.2) is 30.4 Å². The Balaban J connectivity index is 2.53. The number of nitrogens with one attached hydrogen (secondary N) is 1. The second-order valence-electron chi connectivity index (χ2n) is 4.26. The first kappa shape index (κ1) is 12.2. The summed E-state index contributed by atoms with van der Waals surface area (Å²) in [5, 5.41) is 5.30. The number of carbonyl (C=O) groups is 1. The molecule has 0 atom stereocenters. The Labute approximate surface area is 95.1 Å². The molecule has 0 aliphatic rings. The van der Waals surface area contributed by atoms with Gasteiger partial charge in [-0.3, -0.25) is 10.1 Å². The summed E-state index contributed by atoms with van der Waals surface area (Å²) in [6, 6.07) is 4.08. The molecule has 0 spiro atoms. The fourth-order valence-corrected chi connectivity index (χ4v) is 2.00. The second kappa shape index (κ2) is 4.77. The van der Waals surface area contributed by atoms with Crippen molar-refractivity contribution in [3.05, 3.63) is 22.4 Å². The van der Waals surface area contributed by atoms with Crippen LogP contribution in [0.15, 0.2) is 17.5 Å². The van der Waals surface area contributed by atoms with Gasteiger partial charge in [0, 0.05) is 25.5 Å². The predicted molar refractivity (Wildman–Crippen MR) is 63.9 cm³/mol. The standard InChI is InChI=1S/C11H18N2OS/c1-11(2,10(14)13(3)4)12-8-9-6-5-7-15-9/h5-7,12H,8H2,1-4H3. The van der Waals surface area contributed by atoms with Gasteiger partial charge in [-0.05, 0) is 25.3 Å². The Hall–Kier alpha value is -0.870. The van der Waals surface area contributed by atoms with Gasteiger partial charge in [0.15, 0.2) is 0 Å². The molecule has 1 N–H and O–H groups in total. The number of carbonyl (C=O) groups excluding carboxylic acids is 1. The lowest BCUT2D eigenvalue weighted by Crippen LogP contribution is -2.51. The lowest BCUT2D eigenvalue weighted by Gasteiger charge is -2.28. The normalized spacial score (nSPS) is 11.5. The fourth-order valence-electron chi connectivity index (χ4n) is 1.36. The van der Waals surface area contributed by atoms with Crippen LogP contribution in [0.3, 0.4) is 0 Å². The van der Waals surface area contributed by atoms with E-state index in [0.29, 0.717) is 0 Å². The van der Waals surface area contributed by atoms with Gasteiger partial charge in [0.05, 0.1) is 5.54 Å². The van der Waals surface area contributed by atoms with Crippen molar-refractivity contribution in [2.75, 3.05) is 14.1 Å². The molecule has 84 valence electrons. The highest BCUT2D eigenvalue weighted by molar-refractivity contribution is 7.09. The maximum Gasteiger partial charge on any atom is 0.241 e. The van der Waals surface area contributed by atoms with Crippen LogP contribution in [0.25, 0.3) is 0 Å². The van der Waals surface area contributed by atoms with E-state index in [1.165, 1.54) is 4.88 Å². The van der Waals surface area contributed by atoms with Crippen LogP contribution in [0.1, 0.15) is 18.7 Å². The zero-order valence-corrected chi connectivity index (χ0v) is 10.5. The summed E-state index contributed by atoms with van der Waals surface area (Å²) in [5.74, 6) is 0.0963. The Bertz CT molecular complexity index is 317. The first-order chi connectivity index (χ1) is 6.93. The highest BCUT2D eigenvalue weighted by Gasteiger charge is 2.28. The molecule has 1 rings (SSSR count). The Kier molecular flexibility index (Phi) is 3.88. The van der Waals surface area contributed by atoms with E-state index >= 15 is 0 Å². The number of rotatable bonds is 4. The second-order valence-corrected chi connectivity index (χ2v) is 5.29. The molecule has 3 nitrogen and oxygen atoms in total. The smallest absolute Gasteiger partial charge is 0.241 e. The first-order valence-electron chi connectivity index (χ1n) is 4.92. The summed E-state index contributed by atoms with van der Waals surface area (Å²) in [7, 11) is 3.55. The van der Waals surface area contributed by atoms with Gasteiger partial charge in [0.2, 0.25) is 5.91 Å². The van der Waals surface area contributed by atoms with Crippen LogP contribution in [-0.2, 0) is 11.3 Å². The minimum atomic E-state index is -0.506. The van der Waals surface area contributed by atoms with E-state index in [9.17, 15) is 4.79 Å². The molecule has 0 aliphatic heterocycles. The van der Waals surface area contributed by atoms with Crippen LogP contribution in [0.5, 0.6) is 0 Å². The van der Waals surface area contributed by atoms with E-state index in [0.717, 1.165) is 6.54 Å². The Morgan fingerprint density at radius 1 is 1.53 bits per heavy atom. The van der Waals surface area contributed by atoms with Crippen LogP contribution >= 0.6 is 11.3 Å². The predicted octanol–water partition coefficient (Wildman–Crippen LogP) is 1.70. The molecule has 0 saturated carbocycles. The van der Waals surface area contributed by atoms with Crippen molar-refractivity contribution in [1.82, 2.24) is 10.2 Å². The molecule has 0 saturated heterocycles. The van der Waals surface area contributed by atoms with Crippen molar-refractivity contribution >= 4 is 17.2 Å². The van der Waals surface area contributed by atoms with Crippen molar-refractivity contribution < 1.29 is 4.79 Å². The molecule has 1 aromatic heterocycles. The van der Waals surface area contributed by atoms with Crippen LogP contribution in [0.2, 0.25) is 0 Å². The average molecular weight is 226 g/mol. The van der Waals surface area contributed by atoms with Gasteiger partial charge in [-0.1, -0.05) is 6.07 Å². The summed E-state index contributed by atoms with van der Waals surface area (Å²) in [4.78, 5) is 14.6. The number of thiophene rings is 1. The Morgan fingerprint density at radius 2 is 2.20 bits per heavy atom. The first-order valence-corrected chi connectivity index (χ1v) is 5.80. The van der Waals surface area contributed by atoms with Crippen LogP contribution in [0.4, 0.5) is 0 Å². The van der Waals surface area contributed by atoms with E-state index in [2.05, 4.69) is 11.4 Å². The summed E-state index contributed by atoms with van der Waals surface area (Å²) in [5.41, 5.74) is -0.506. The molecule has 4 heteroatoms. The molecule has 1 aromatic rings. The molecule has 0 fully saturated rings. The maximum absolute atomic E-state index is 11.8. The lowest BCUT2D eigenvalue weighted by molar-refractivity contribution is -0.134. The zero-order chi connectivity index (χ0) is 11.5. The average Bonchev–Trinajstić information content (AvgIpc) is 2.66. The SMILES string of the molecule is CN(C)C(=O)C(C)(C)NCc1cccs1. The van der Waals surface area contributed by atoms with E-state index in [-0.39, 0.29) is 5.91 Å². The molecule has 0 aliphatic carbocycles. The van der Waals surface area contributed by atoms with Crippen molar-refractivity contribution in [2.24, 2.45) is 0 Å². The van der Waals surface area contributed by atoms with E-state index in [1.807, 2.05) is 25.3 Å². The van der Waals surface area contributed by atoms with Gasteiger partial charge in [0.1, 0.15) is 0 Å². The summed E-state index contributed by atoms with van der Waals surface area (Å²) >= 11 is 1.70. The Morgan fingerprint density at radius 3 is 2.67 bits per heavy atom. The summed E-state index contributed by atoms with van der Waals surface area (Å²) < 4.78 is 0. The van der Waals surface area contributed by atoms with Gasteiger partial charge in [-0.25, -0.2) is 0 Å². The minimum absolute atomic E-state index is 0.0963. The highest BCUT2D eigenvalue weighted by atomic mass is 32.1. The van der Waals surface area contributed by atoms with Gasteiger partial charge >= 0.3 is 0 Å². The van der Waals surface area contributed by atoms with Crippen molar-refractivity contribution in [2.45, 2.75) is 25.9 Å². The number of amides is 1. The largest absolute Gasteiger partial charge is 0.347 e. The maximum atomic E-state index is 11.8. The quantitative estimate of drug-likeness (QED) is 0.847. The van der Waals surface area contributed by atoms with Gasteiger partial charge in [-0.2, -0.15) is 0 Å². The molecule has 0 unspecified atom stereocenters. The number of nitrogens with zero attached hydrogens (tertiary/aromatic N) is 1. The van der Waals surface area contributed by atoms with Crippen molar-refractivity contribution in [3.63, 3.8) is 0 Å². The third-order valence-corrected chi connectivity index (χ3v) is 3.10. The summed E-state index contributed by atoms with van der Waals surface area (Å²) in [6.45, 7) is 4.55. The highest BCUT2D eigenvalue weighted by Crippen LogP contribution is 2.11. The van der Waals surface area contributed by atoms with E-state index in [4.69, 9.17) is 0 Å².